The molecule has 0 N–H and O–H groups in total. The summed E-state index contributed by atoms with van der Waals surface area (Å²) in [6.07, 6.45) is -4.99. The van der Waals surface area contributed by atoms with Crippen LogP contribution in [0.1, 0.15) is 17.3 Å². The minimum atomic E-state index is -5.39. The van der Waals surface area contributed by atoms with E-state index in [0.717, 1.165) is 0 Å². The number of carbonyl (C=O) groups excluding carboxylic acids is 1. The predicted octanol–water partition coefficient (Wildman–Crippen LogP) is 2.20. The third kappa shape index (κ3) is 3.52. The van der Waals surface area contributed by atoms with Crippen LogP contribution in [0.15, 0.2) is 6.20 Å². The molecule has 0 amide bonds. The summed E-state index contributed by atoms with van der Waals surface area (Å²) in [5.74, 6) is -4.99. The van der Waals surface area contributed by atoms with Gasteiger partial charge in [-0.05, 0) is 6.92 Å². The van der Waals surface area contributed by atoms with Crippen molar-refractivity contribution in [3.8, 4) is 5.75 Å². The Morgan fingerprint density at radius 3 is 2.55 bits per heavy atom. The highest BCUT2D eigenvalue weighted by Crippen LogP contribution is 2.36. The van der Waals surface area contributed by atoms with Gasteiger partial charge in [0.15, 0.2) is 5.56 Å². The highest BCUT2D eigenvalue weighted by molar-refractivity contribution is 5.94. The third-order valence-electron chi connectivity index (χ3n) is 1.86. The van der Waals surface area contributed by atoms with E-state index in [-0.39, 0.29) is 6.61 Å². The van der Waals surface area contributed by atoms with E-state index in [4.69, 9.17) is 0 Å². The van der Waals surface area contributed by atoms with Gasteiger partial charge in [0.05, 0.1) is 17.7 Å². The van der Waals surface area contributed by atoms with E-state index in [0.29, 0.717) is 6.20 Å². The quantitative estimate of drug-likeness (QED) is 0.278. The topological polar surface area (TPSA) is 91.6 Å². The largest absolute Gasteiger partial charge is 0.573 e. The van der Waals surface area contributed by atoms with Crippen molar-refractivity contribution in [2.45, 2.75) is 13.3 Å². The SMILES string of the molecule is CCOC(=O)c1cnc(F)c(OC(F)(F)F)c1[N+](=O)[O-]. The number of nitro groups is 1. The second-order valence-corrected chi connectivity index (χ2v) is 3.17. The molecule has 110 valence electrons. The van der Waals surface area contributed by atoms with Gasteiger partial charge in [0.2, 0.25) is 0 Å². The standard InChI is InChI=1S/C9H6F4N2O5/c1-2-19-8(16)4-3-14-7(10)6(5(4)15(17)18)20-9(11,12)13/h3H,2H2,1H3. The van der Waals surface area contributed by atoms with Gasteiger partial charge >= 0.3 is 18.0 Å². The Morgan fingerprint density at radius 1 is 1.50 bits per heavy atom. The van der Waals surface area contributed by atoms with Crippen molar-refractivity contribution in [1.29, 1.82) is 0 Å². The van der Waals surface area contributed by atoms with Crippen LogP contribution < -0.4 is 4.74 Å². The number of alkyl halides is 3. The van der Waals surface area contributed by atoms with Gasteiger partial charge in [-0.1, -0.05) is 0 Å². The molecule has 1 rings (SSSR count). The number of nitrogens with zero attached hydrogens (tertiary/aromatic N) is 2. The molecule has 1 aromatic heterocycles. The number of ether oxygens (including phenoxy) is 2. The predicted molar refractivity (Wildman–Crippen MR) is 53.5 cm³/mol. The zero-order valence-electron chi connectivity index (χ0n) is 9.73. The average molecular weight is 298 g/mol. The molecule has 11 heteroatoms. The summed E-state index contributed by atoms with van der Waals surface area (Å²) >= 11 is 0. The number of rotatable bonds is 4. The third-order valence-corrected chi connectivity index (χ3v) is 1.86. The monoisotopic (exact) mass is 298 g/mol. The van der Waals surface area contributed by atoms with Crippen LogP contribution in [-0.2, 0) is 4.74 Å². The van der Waals surface area contributed by atoms with E-state index in [1.807, 2.05) is 0 Å². The summed E-state index contributed by atoms with van der Waals surface area (Å²) in [5, 5.41) is 10.7. The highest BCUT2D eigenvalue weighted by atomic mass is 19.4. The minimum absolute atomic E-state index is 0.192. The molecule has 0 fully saturated rings. The maximum atomic E-state index is 13.2. The van der Waals surface area contributed by atoms with Crippen LogP contribution in [0.3, 0.4) is 0 Å². The molecule has 1 aromatic rings. The molecule has 0 spiro atoms. The maximum Gasteiger partial charge on any atom is 0.573 e. The van der Waals surface area contributed by atoms with E-state index in [2.05, 4.69) is 14.5 Å². The number of hydrogen-bond donors (Lipinski definition) is 0. The summed E-state index contributed by atoms with van der Waals surface area (Å²) in [4.78, 5) is 23.5. The molecule has 0 bridgehead atoms. The Morgan fingerprint density at radius 2 is 2.10 bits per heavy atom. The molecule has 0 atom stereocenters. The van der Waals surface area contributed by atoms with E-state index in [1.165, 1.54) is 6.92 Å². The van der Waals surface area contributed by atoms with Crippen LogP contribution in [0, 0.1) is 16.1 Å². The summed E-state index contributed by atoms with van der Waals surface area (Å²) < 4.78 is 57.1. The first-order chi connectivity index (χ1) is 9.17. The first-order valence-electron chi connectivity index (χ1n) is 4.93. The zero-order valence-corrected chi connectivity index (χ0v) is 9.73. The van der Waals surface area contributed by atoms with Gasteiger partial charge in [0, 0.05) is 0 Å². The van der Waals surface area contributed by atoms with Crippen molar-refractivity contribution < 1.29 is 36.8 Å². The molecule has 1 heterocycles. The van der Waals surface area contributed by atoms with Crippen LogP contribution in [0.5, 0.6) is 5.75 Å². The van der Waals surface area contributed by atoms with Crippen molar-refractivity contribution in [3.05, 3.63) is 27.8 Å². The molecule has 0 saturated heterocycles. The fourth-order valence-electron chi connectivity index (χ4n) is 1.21. The number of esters is 1. The van der Waals surface area contributed by atoms with Gasteiger partial charge in [0.25, 0.3) is 11.7 Å². The summed E-state index contributed by atoms with van der Waals surface area (Å²) in [7, 11) is 0. The van der Waals surface area contributed by atoms with Gasteiger partial charge in [-0.3, -0.25) is 10.1 Å². The second kappa shape index (κ2) is 5.67. The number of aromatic nitrogens is 1. The van der Waals surface area contributed by atoms with Crippen LogP contribution in [0.4, 0.5) is 23.2 Å². The van der Waals surface area contributed by atoms with Crippen molar-refractivity contribution >= 4 is 11.7 Å². The molecule has 20 heavy (non-hydrogen) atoms. The Bertz CT molecular complexity index is 546. The van der Waals surface area contributed by atoms with E-state index in [9.17, 15) is 32.5 Å². The van der Waals surface area contributed by atoms with Crippen molar-refractivity contribution in [1.82, 2.24) is 4.98 Å². The molecule has 7 nitrogen and oxygen atoms in total. The normalized spacial score (nSPS) is 11.1. The lowest BCUT2D eigenvalue weighted by Gasteiger charge is -2.11. The first kappa shape index (κ1) is 15.6. The number of hydrogen-bond acceptors (Lipinski definition) is 6. The number of pyridine rings is 1. The van der Waals surface area contributed by atoms with Crippen LogP contribution in [0.2, 0.25) is 0 Å². The van der Waals surface area contributed by atoms with Crippen molar-refractivity contribution in [2.24, 2.45) is 0 Å². The lowest BCUT2D eigenvalue weighted by Crippen LogP contribution is -2.20. The number of halogens is 4. The number of carbonyl (C=O) groups is 1. The molecular weight excluding hydrogens is 292 g/mol. The summed E-state index contributed by atoms with van der Waals surface area (Å²) in [6, 6.07) is 0. The Hall–Kier alpha value is -2.46. The maximum absolute atomic E-state index is 13.2. The van der Waals surface area contributed by atoms with Crippen LogP contribution in [-0.4, -0.2) is 28.8 Å². The Balaban J connectivity index is 3.45. The Labute approximate surface area is 108 Å². The highest BCUT2D eigenvalue weighted by Gasteiger charge is 2.39. The summed E-state index contributed by atoms with van der Waals surface area (Å²) in [6.45, 7) is 1.18. The lowest BCUT2D eigenvalue weighted by molar-refractivity contribution is -0.389. The average Bonchev–Trinajstić information content (AvgIpc) is 2.29. The van der Waals surface area contributed by atoms with E-state index in [1.54, 1.807) is 0 Å². The molecule has 0 radical (unpaired) electrons. The van der Waals surface area contributed by atoms with Gasteiger partial charge in [-0.25, -0.2) is 9.78 Å². The fraction of sp³-hybridized carbons (Fsp3) is 0.333. The second-order valence-electron chi connectivity index (χ2n) is 3.17. The zero-order chi connectivity index (χ0) is 15.5. The molecular formula is C9H6F4N2O5. The van der Waals surface area contributed by atoms with Gasteiger partial charge < -0.3 is 9.47 Å². The fourth-order valence-corrected chi connectivity index (χ4v) is 1.21. The minimum Gasteiger partial charge on any atom is -0.462 e. The molecule has 0 aliphatic heterocycles. The van der Waals surface area contributed by atoms with Crippen molar-refractivity contribution in [2.75, 3.05) is 6.61 Å². The van der Waals surface area contributed by atoms with Crippen LogP contribution in [0.25, 0.3) is 0 Å². The van der Waals surface area contributed by atoms with Crippen LogP contribution >= 0.6 is 0 Å². The van der Waals surface area contributed by atoms with E-state index < -0.39 is 40.2 Å². The Kier molecular flexibility index (Phi) is 4.42. The summed E-state index contributed by atoms with van der Waals surface area (Å²) in [5.41, 5.74) is -2.45. The van der Waals surface area contributed by atoms with Gasteiger partial charge in [-0.2, -0.15) is 4.39 Å². The first-order valence-corrected chi connectivity index (χ1v) is 4.93. The molecule has 0 unspecified atom stereocenters. The molecule has 0 aliphatic rings. The molecule has 0 saturated carbocycles. The van der Waals surface area contributed by atoms with Gasteiger partial charge in [0.1, 0.15) is 0 Å². The molecule has 0 aromatic carbocycles. The van der Waals surface area contributed by atoms with Gasteiger partial charge in [-0.15, -0.1) is 13.2 Å². The smallest absolute Gasteiger partial charge is 0.462 e. The lowest BCUT2D eigenvalue weighted by atomic mass is 10.2. The molecule has 0 aliphatic carbocycles. The van der Waals surface area contributed by atoms with E-state index >= 15 is 0 Å². The van der Waals surface area contributed by atoms with Crippen molar-refractivity contribution in [3.63, 3.8) is 0 Å².